The van der Waals surface area contributed by atoms with Gasteiger partial charge in [-0.05, 0) is 25.2 Å². The minimum absolute atomic E-state index is 0.770. The van der Waals surface area contributed by atoms with Crippen LogP contribution in [0.1, 0.15) is 6.92 Å². The topological polar surface area (TPSA) is 38.4 Å². The number of nitrogens with zero attached hydrogens (tertiary/aromatic N) is 1. The molecule has 0 aromatic heterocycles. The molecule has 0 heterocycles. The molecule has 0 aliphatic rings. The van der Waals surface area contributed by atoms with Crippen LogP contribution >= 0.6 is 11.6 Å². The number of hydrogen-bond donors (Lipinski definition) is 1. The molecule has 0 aromatic rings. The highest BCUT2D eigenvalue weighted by Crippen LogP contribution is 1.98. The second-order valence-electron chi connectivity index (χ2n) is 1.69. The second-order valence-corrected chi connectivity index (χ2v) is 1.94. The molecule has 0 aromatic carbocycles. The molecule has 11 heavy (non-hydrogen) atoms. The van der Waals surface area contributed by atoms with Crippen LogP contribution in [-0.4, -0.2) is 6.34 Å². The van der Waals surface area contributed by atoms with Crippen molar-refractivity contribution in [3.8, 4) is 0 Å². The van der Waals surface area contributed by atoms with E-state index in [0.717, 1.165) is 5.70 Å². The second kappa shape index (κ2) is 7.09. The van der Waals surface area contributed by atoms with Crippen molar-refractivity contribution in [2.75, 3.05) is 0 Å². The summed E-state index contributed by atoms with van der Waals surface area (Å²) in [6.07, 6.45) is 8.40. The predicted octanol–water partition coefficient (Wildman–Crippen LogP) is 2.19. The van der Waals surface area contributed by atoms with Gasteiger partial charge in [-0.1, -0.05) is 17.7 Å². The first-order valence-corrected chi connectivity index (χ1v) is 3.62. The molecule has 0 fully saturated rings. The Morgan fingerprint density at radius 3 is 2.73 bits per heavy atom. The lowest BCUT2D eigenvalue weighted by molar-refractivity contribution is 1.40. The van der Waals surface area contributed by atoms with Crippen molar-refractivity contribution in [2.24, 2.45) is 10.7 Å². The molecule has 0 bridgehead atoms. The molecule has 0 spiro atoms. The van der Waals surface area contributed by atoms with E-state index < -0.39 is 0 Å². The molecule has 60 valence electrons. The Morgan fingerprint density at radius 2 is 2.27 bits per heavy atom. The highest BCUT2D eigenvalue weighted by Gasteiger charge is 1.80. The number of halogens is 1. The third kappa shape index (κ3) is 5.43. The third-order valence-electron chi connectivity index (χ3n) is 0.901. The van der Waals surface area contributed by atoms with Crippen molar-refractivity contribution in [1.29, 1.82) is 0 Å². The average molecular weight is 171 g/mol. The van der Waals surface area contributed by atoms with Crippen LogP contribution in [-0.2, 0) is 0 Å². The maximum atomic E-state index is 5.31. The number of aliphatic imine (C=N–C) groups is 1. The summed E-state index contributed by atoms with van der Waals surface area (Å²) in [7, 11) is 0. The molecule has 0 unspecified atom stereocenters. The number of nitrogens with two attached hydrogens (primary N) is 1. The zero-order valence-electron chi connectivity index (χ0n) is 6.37. The summed E-state index contributed by atoms with van der Waals surface area (Å²) < 4.78 is 0. The fourth-order valence-corrected chi connectivity index (χ4v) is 0.606. The van der Waals surface area contributed by atoms with Crippen LogP contribution in [0.2, 0.25) is 0 Å². The molecule has 0 amide bonds. The molecule has 2 N–H and O–H groups in total. The van der Waals surface area contributed by atoms with E-state index in [1.54, 1.807) is 12.2 Å². The van der Waals surface area contributed by atoms with Gasteiger partial charge in [-0.2, -0.15) is 0 Å². The van der Waals surface area contributed by atoms with Gasteiger partial charge in [0.15, 0.2) is 0 Å². The molecule has 0 radical (unpaired) electrons. The van der Waals surface area contributed by atoms with Gasteiger partial charge in [0, 0.05) is 5.54 Å². The lowest BCUT2D eigenvalue weighted by Gasteiger charge is -1.87. The Balaban J connectivity index is 4.31. The van der Waals surface area contributed by atoms with Crippen LogP contribution in [0.3, 0.4) is 0 Å². The molecule has 0 aliphatic carbocycles. The zero-order chi connectivity index (χ0) is 8.53. The fourth-order valence-electron chi connectivity index (χ4n) is 0.533. The number of hydrogen-bond acceptors (Lipinski definition) is 1. The van der Waals surface area contributed by atoms with Crippen LogP contribution in [0, 0.1) is 0 Å². The van der Waals surface area contributed by atoms with Gasteiger partial charge < -0.3 is 5.73 Å². The zero-order valence-corrected chi connectivity index (χ0v) is 7.12. The van der Waals surface area contributed by atoms with Crippen molar-refractivity contribution in [2.45, 2.75) is 6.92 Å². The Morgan fingerprint density at radius 1 is 1.55 bits per heavy atom. The van der Waals surface area contributed by atoms with Gasteiger partial charge in [0.1, 0.15) is 0 Å². The maximum absolute atomic E-state index is 5.31. The molecule has 3 heteroatoms. The van der Waals surface area contributed by atoms with Crippen molar-refractivity contribution in [3.63, 3.8) is 0 Å². The summed E-state index contributed by atoms with van der Waals surface area (Å²) in [4.78, 5) is 3.87. The van der Waals surface area contributed by atoms with E-state index in [4.69, 9.17) is 17.3 Å². The van der Waals surface area contributed by atoms with E-state index in [1.165, 1.54) is 11.9 Å². The molecular formula is C8H11ClN2. The Hall–Kier alpha value is -1.02. The van der Waals surface area contributed by atoms with Crippen molar-refractivity contribution < 1.29 is 0 Å². The van der Waals surface area contributed by atoms with E-state index >= 15 is 0 Å². The molecule has 0 atom stereocenters. The normalized spacial score (nSPS) is 14.2. The van der Waals surface area contributed by atoms with Gasteiger partial charge in [-0.15, -0.1) is 0 Å². The Kier molecular flexibility index (Phi) is 6.43. The number of allylic oxidation sites excluding steroid dienone is 4. The molecule has 0 saturated heterocycles. The standard InChI is InChI=1S/C8H11ClN2/c1-2-4-8(11-7-10)5-3-6-9/h2-7H,1H3,(H2,10,11)/b4-2-,6-3+,8-5+. The SMILES string of the molecule is C\C=C/C(=C\C=C\Cl)N=CN. The quantitative estimate of drug-likeness (QED) is 0.394. The smallest absolute Gasteiger partial charge is 0.0860 e. The van der Waals surface area contributed by atoms with Gasteiger partial charge >= 0.3 is 0 Å². The predicted molar refractivity (Wildman–Crippen MR) is 50.6 cm³/mol. The van der Waals surface area contributed by atoms with E-state index in [2.05, 4.69) is 4.99 Å². The van der Waals surface area contributed by atoms with Crippen LogP contribution in [0.4, 0.5) is 0 Å². The summed E-state index contributed by atoms with van der Waals surface area (Å²) in [5.41, 5.74) is 7.29. The van der Waals surface area contributed by atoms with Crippen LogP contribution in [0.15, 0.2) is 40.5 Å². The highest BCUT2D eigenvalue weighted by atomic mass is 35.5. The number of rotatable bonds is 3. The van der Waals surface area contributed by atoms with E-state index in [0.29, 0.717) is 0 Å². The van der Waals surface area contributed by atoms with Crippen LogP contribution in [0.25, 0.3) is 0 Å². The Bertz CT molecular complexity index is 188. The molecular weight excluding hydrogens is 160 g/mol. The molecule has 0 rings (SSSR count). The minimum Gasteiger partial charge on any atom is -0.390 e. The van der Waals surface area contributed by atoms with Crippen LogP contribution in [0.5, 0.6) is 0 Å². The van der Waals surface area contributed by atoms with Gasteiger partial charge in [0.05, 0.1) is 12.0 Å². The molecule has 0 saturated carbocycles. The Labute approximate surface area is 71.8 Å². The van der Waals surface area contributed by atoms with E-state index in [1.807, 2.05) is 19.1 Å². The summed E-state index contributed by atoms with van der Waals surface area (Å²) in [5, 5.41) is 0. The van der Waals surface area contributed by atoms with Gasteiger partial charge in [0.25, 0.3) is 0 Å². The summed E-state index contributed by atoms with van der Waals surface area (Å²) in [5.74, 6) is 0. The third-order valence-corrected chi connectivity index (χ3v) is 1.05. The van der Waals surface area contributed by atoms with Crippen molar-refractivity contribution >= 4 is 17.9 Å². The minimum atomic E-state index is 0.770. The first kappa shape index (κ1) is 9.98. The van der Waals surface area contributed by atoms with Crippen molar-refractivity contribution in [3.05, 3.63) is 35.5 Å². The van der Waals surface area contributed by atoms with E-state index in [9.17, 15) is 0 Å². The molecule has 2 nitrogen and oxygen atoms in total. The largest absolute Gasteiger partial charge is 0.390 e. The lowest BCUT2D eigenvalue weighted by atomic mass is 10.3. The van der Waals surface area contributed by atoms with Crippen LogP contribution < -0.4 is 5.73 Å². The van der Waals surface area contributed by atoms with Gasteiger partial charge in [-0.25, -0.2) is 4.99 Å². The lowest BCUT2D eigenvalue weighted by Crippen LogP contribution is -1.88. The van der Waals surface area contributed by atoms with Gasteiger partial charge in [0.2, 0.25) is 0 Å². The van der Waals surface area contributed by atoms with E-state index in [-0.39, 0.29) is 0 Å². The fraction of sp³-hybridized carbons (Fsp3) is 0.125. The maximum Gasteiger partial charge on any atom is 0.0860 e. The monoisotopic (exact) mass is 170 g/mol. The summed E-state index contributed by atoms with van der Waals surface area (Å²) >= 11 is 5.31. The molecule has 0 aliphatic heterocycles. The summed E-state index contributed by atoms with van der Waals surface area (Å²) in [6.45, 7) is 1.91. The van der Waals surface area contributed by atoms with Crippen molar-refractivity contribution in [1.82, 2.24) is 0 Å². The average Bonchev–Trinajstić information content (AvgIpc) is 2.01. The highest BCUT2D eigenvalue weighted by molar-refractivity contribution is 6.25. The first-order valence-electron chi connectivity index (χ1n) is 3.19. The van der Waals surface area contributed by atoms with Gasteiger partial charge in [-0.3, -0.25) is 0 Å². The first-order chi connectivity index (χ1) is 5.35. The summed E-state index contributed by atoms with van der Waals surface area (Å²) in [6, 6.07) is 0.